The summed E-state index contributed by atoms with van der Waals surface area (Å²) in [4.78, 5) is 4.62. The van der Waals surface area contributed by atoms with Crippen LogP contribution in [0.15, 0.2) is 18.2 Å². The van der Waals surface area contributed by atoms with Crippen molar-refractivity contribution >= 4 is 17.3 Å². The van der Waals surface area contributed by atoms with Gasteiger partial charge in [0.2, 0.25) is 0 Å². The lowest BCUT2D eigenvalue weighted by molar-refractivity contribution is 0.282. The van der Waals surface area contributed by atoms with Crippen LogP contribution in [0.3, 0.4) is 0 Å². The Labute approximate surface area is 114 Å². The van der Waals surface area contributed by atoms with Crippen molar-refractivity contribution in [1.29, 1.82) is 0 Å². The second kappa shape index (κ2) is 5.91. The number of aliphatic hydroxyl groups is 1. The van der Waals surface area contributed by atoms with E-state index in [1.807, 2.05) is 18.2 Å². The summed E-state index contributed by atoms with van der Waals surface area (Å²) in [6.45, 7) is 3.42. The first-order valence-corrected chi connectivity index (χ1v) is 6.77. The molecule has 3 nitrogen and oxygen atoms in total. The van der Waals surface area contributed by atoms with E-state index >= 15 is 0 Å². The highest BCUT2D eigenvalue weighted by Crippen LogP contribution is 2.25. The predicted molar refractivity (Wildman–Crippen MR) is 76.2 cm³/mol. The molecule has 1 fully saturated rings. The fraction of sp³-hybridized carbons (Fsp3) is 0.571. The van der Waals surface area contributed by atoms with Crippen molar-refractivity contribution in [3.05, 3.63) is 28.8 Å². The Morgan fingerprint density at radius 1 is 1.50 bits per heavy atom. The molecule has 1 atom stereocenters. The standard InChI is InChI=1S/C14H21ClN2O/c1-16-6-5-11(8-16)9-17(2)13-4-3-12(10-18)14(15)7-13/h3-4,7,11,18H,5-6,8-10H2,1-2H3. The van der Waals surface area contributed by atoms with Gasteiger partial charge in [-0.3, -0.25) is 0 Å². The SMILES string of the molecule is CN1CCC(CN(C)c2ccc(CO)c(Cl)c2)C1. The normalized spacial score (nSPS) is 20.3. The molecule has 0 radical (unpaired) electrons. The highest BCUT2D eigenvalue weighted by Gasteiger charge is 2.21. The summed E-state index contributed by atoms with van der Waals surface area (Å²) in [5.41, 5.74) is 1.90. The first-order valence-electron chi connectivity index (χ1n) is 6.39. The molecule has 0 saturated carbocycles. The van der Waals surface area contributed by atoms with Crippen molar-refractivity contribution in [3.63, 3.8) is 0 Å². The lowest BCUT2D eigenvalue weighted by Crippen LogP contribution is -2.27. The minimum Gasteiger partial charge on any atom is -0.392 e. The molecule has 0 amide bonds. The smallest absolute Gasteiger partial charge is 0.0696 e. The Balaban J connectivity index is 2.00. The number of nitrogens with zero attached hydrogens (tertiary/aromatic N) is 2. The van der Waals surface area contributed by atoms with Gasteiger partial charge in [-0.1, -0.05) is 17.7 Å². The second-order valence-electron chi connectivity index (χ2n) is 5.23. The number of hydrogen-bond acceptors (Lipinski definition) is 3. The van der Waals surface area contributed by atoms with Crippen molar-refractivity contribution in [2.24, 2.45) is 5.92 Å². The molecule has 0 bridgehead atoms. The highest BCUT2D eigenvalue weighted by atomic mass is 35.5. The Bertz CT molecular complexity index is 411. The Morgan fingerprint density at radius 3 is 2.83 bits per heavy atom. The molecule has 1 aromatic rings. The van der Waals surface area contributed by atoms with Crippen molar-refractivity contribution in [2.75, 3.05) is 38.6 Å². The molecule has 0 aliphatic carbocycles. The third-order valence-corrected chi connectivity index (χ3v) is 4.02. The lowest BCUT2D eigenvalue weighted by atomic mass is 10.1. The minimum atomic E-state index is -0.00372. The number of hydrogen-bond donors (Lipinski definition) is 1. The Morgan fingerprint density at radius 2 is 2.28 bits per heavy atom. The van der Waals surface area contributed by atoms with Crippen molar-refractivity contribution < 1.29 is 5.11 Å². The lowest BCUT2D eigenvalue weighted by Gasteiger charge is -2.23. The average molecular weight is 269 g/mol. The van der Waals surface area contributed by atoms with Gasteiger partial charge in [0.05, 0.1) is 6.61 Å². The number of halogens is 1. The maximum atomic E-state index is 9.10. The van der Waals surface area contributed by atoms with E-state index in [2.05, 4.69) is 23.9 Å². The van der Waals surface area contributed by atoms with Crippen LogP contribution in [0.4, 0.5) is 5.69 Å². The van der Waals surface area contributed by atoms with Gasteiger partial charge in [-0.2, -0.15) is 0 Å². The largest absolute Gasteiger partial charge is 0.392 e. The zero-order valence-electron chi connectivity index (χ0n) is 11.1. The first kappa shape index (κ1) is 13.7. The maximum absolute atomic E-state index is 9.10. The summed E-state index contributed by atoms with van der Waals surface area (Å²) >= 11 is 6.12. The van der Waals surface area contributed by atoms with E-state index in [1.165, 1.54) is 19.5 Å². The molecule has 100 valence electrons. The predicted octanol–water partition coefficient (Wildman–Crippen LogP) is 2.22. The van der Waals surface area contributed by atoms with Crippen LogP contribution in [-0.4, -0.2) is 43.7 Å². The van der Waals surface area contributed by atoms with Crippen molar-refractivity contribution in [3.8, 4) is 0 Å². The molecule has 0 aromatic heterocycles. The number of rotatable bonds is 4. The van der Waals surface area contributed by atoms with Crippen LogP contribution in [0.25, 0.3) is 0 Å². The Hall–Kier alpha value is -0.770. The molecular weight excluding hydrogens is 248 g/mol. The van der Waals surface area contributed by atoms with Gasteiger partial charge in [-0.05, 0) is 43.6 Å². The maximum Gasteiger partial charge on any atom is 0.0696 e. The topological polar surface area (TPSA) is 26.7 Å². The van der Waals surface area contributed by atoms with Crippen LogP contribution < -0.4 is 4.90 Å². The van der Waals surface area contributed by atoms with E-state index < -0.39 is 0 Å². The fourth-order valence-corrected chi connectivity index (χ4v) is 2.80. The van der Waals surface area contributed by atoms with Gasteiger partial charge in [0.1, 0.15) is 0 Å². The highest BCUT2D eigenvalue weighted by molar-refractivity contribution is 6.31. The van der Waals surface area contributed by atoms with Crippen LogP contribution >= 0.6 is 11.6 Å². The first-order chi connectivity index (χ1) is 8.60. The second-order valence-corrected chi connectivity index (χ2v) is 5.64. The van der Waals surface area contributed by atoms with Gasteiger partial charge < -0.3 is 14.9 Å². The van der Waals surface area contributed by atoms with Gasteiger partial charge in [0, 0.05) is 30.8 Å². The minimum absolute atomic E-state index is 0.00372. The fourth-order valence-electron chi connectivity index (χ4n) is 2.57. The summed E-state index contributed by atoms with van der Waals surface area (Å²) in [7, 11) is 4.27. The van der Waals surface area contributed by atoms with Crippen LogP contribution in [0, 0.1) is 5.92 Å². The van der Waals surface area contributed by atoms with Crippen LogP contribution in [-0.2, 0) is 6.61 Å². The van der Waals surface area contributed by atoms with Crippen molar-refractivity contribution in [1.82, 2.24) is 4.90 Å². The van der Waals surface area contributed by atoms with Crippen LogP contribution in [0.5, 0.6) is 0 Å². The monoisotopic (exact) mass is 268 g/mol. The number of benzene rings is 1. The van der Waals surface area contributed by atoms with E-state index in [4.69, 9.17) is 16.7 Å². The third kappa shape index (κ3) is 3.16. The van der Waals surface area contributed by atoms with Gasteiger partial charge in [0.25, 0.3) is 0 Å². The van der Waals surface area contributed by atoms with E-state index in [0.717, 1.165) is 23.7 Å². The molecule has 1 aliphatic rings. The van der Waals surface area contributed by atoms with E-state index in [1.54, 1.807) is 0 Å². The molecule has 1 aliphatic heterocycles. The van der Waals surface area contributed by atoms with E-state index in [0.29, 0.717) is 5.02 Å². The molecule has 4 heteroatoms. The van der Waals surface area contributed by atoms with Gasteiger partial charge in [-0.25, -0.2) is 0 Å². The van der Waals surface area contributed by atoms with Crippen LogP contribution in [0.1, 0.15) is 12.0 Å². The summed E-state index contributed by atoms with van der Waals surface area (Å²) in [5, 5.41) is 9.75. The molecule has 1 heterocycles. The molecule has 18 heavy (non-hydrogen) atoms. The third-order valence-electron chi connectivity index (χ3n) is 3.67. The Kier molecular flexibility index (Phi) is 4.49. The van der Waals surface area contributed by atoms with Gasteiger partial charge >= 0.3 is 0 Å². The van der Waals surface area contributed by atoms with Crippen molar-refractivity contribution in [2.45, 2.75) is 13.0 Å². The molecule has 1 aromatic carbocycles. The number of anilines is 1. The molecule has 0 spiro atoms. The summed E-state index contributed by atoms with van der Waals surface area (Å²) < 4.78 is 0. The summed E-state index contributed by atoms with van der Waals surface area (Å²) in [6.07, 6.45) is 1.27. The molecule has 1 saturated heterocycles. The number of aliphatic hydroxyl groups excluding tert-OH is 1. The molecule has 1 unspecified atom stereocenters. The zero-order valence-corrected chi connectivity index (χ0v) is 11.8. The zero-order chi connectivity index (χ0) is 13.1. The van der Waals surface area contributed by atoms with E-state index in [9.17, 15) is 0 Å². The summed E-state index contributed by atoms with van der Waals surface area (Å²) in [5.74, 6) is 0.733. The molecule has 2 rings (SSSR count). The van der Waals surface area contributed by atoms with Gasteiger partial charge in [0.15, 0.2) is 0 Å². The van der Waals surface area contributed by atoms with Gasteiger partial charge in [-0.15, -0.1) is 0 Å². The van der Waals surface area contributed by atoms with Crippen LogP contribution in [0.2, 0.25) is 5.02 Å². The molecular formula is C14H21ClN2O. The van der Waals surface area contributed by atoms with E-state index in [-0.39, 0.29) is 6.61 Å². The average Bonchev–Trinajstić information content (AvgIpc) is 2.74. The quantitative estimate of drug-likeness (QED) is 0.907. The summed E-state index contributed by atoms with van der Waals surface area (Å²) in [6, 6.07) is 5.86. The molecule has 1 N–H and O–H groups in total. The number of likely N-dealkylation sites (tertiary alicyclic amines) is 1.